The second-order valence-electron chi connectivity index (χ2n) is 4.63. The summed E-state index contributed by atoms with van der Waals surface area (Å²) in [5.41, 5.74) is 7.31. The van der Waals surface area contributed by atoms with Crippen molar-refractivity contribution in [1.82, 2.24) is 0 Å². The third-order valence-electron chi connectivity index (χ3n) is 3.28. The maximum atomic E-state index is 7.63. The lowest BCUT2D eigenvalue weighted by atomic mass is 10.1. The van der Waals surface area contributed by atoms with Gasteiger partial charge in [0, 0.05) is 42.4 Å². The third-order valence-corrected chi connectivity index (χ3v) is 3.51. The first-order valence-corrected chi connectivity index (χ1v) is 6.37. The van der Waals surface area contributed by atoms with Crippen molar-refractivity contribution in [3.05, 3.63) is 28.8 Å². The average Bonchev–Trinajstić information content (AvgIpc) is 2.77. The predicted molar refractivity (Wildman–Crippen MR) is 74.7 cm³/mol. The molecule has 1 saturated heterocycles. The number of amidine groups is 1. The zero-order valence-electron chi connectivity index (χ0n) is 10.4. The SMILES string of the molecule is COCC1CCN(c2cc(Cl)ccc2C(=N)N)C1. The first-order valence-electron chi connectivity index (χ1n) is 5.99. The maximum Gasteiger partial charge on any atom is 0.124 e. The highest BCUT2D eigenvalue weighted by molar-refractivity contribution is 6.31. The zero-order chi connectivity index (χ0) is 13.1. The minimum atomic E-state index is 0.0804. The van der Waals surface area contributed by atoms with E-state index in [1.54, 1.807) is 13.2 Å². The Bertz CT molecular complexity index is 450. The fraction of sp³-hybridized carbons (Fsp3) is 0.462. The highest BCUT2D eigenvalue weighted by atomic mass is 35.5. The molecular weight excluding hydrogens is 250 g/mol. The predicted octanol–water partition coefficient (Wildman–Crippen LogP) is 2.10. The number of ether oxygens (including phenoxy) is 1. The first kappa shape index (κ1) is 13.2. The summed E-state index contributed by atoms with van der Waals surface area (Å²) in [5.74, 6) is 0.616. The van der Waals surface area contributed by atoms with E-state index < -0.39 is 0 Å². The van der Waals surface area contributed by atoms with Gasteiger partial charge in [-0.2, -0.15) is 0 Å². The lowest BCUT2D eigenvalue weighted by Gasteiger charge is -2.22. The van der Waals surface area contributed by atoms with Crippen molar-refractivity contribution >= 4 is 23.1 Å². The molecule has 3 N–H and O–H groups in total. The van der Waals surface area contributed by atoms with Crippen molar-refractivity contribution < 1.29 is 4.74 Å². The molecule has 1 aliphatic rings. The van der Waals surface area contributed by atoms with Crippen molar-refractivity contribution in [3.63, 3.8) is 0 Å². The number of hydrogen-bond acceptors (Lipinski definition) is 3. The summed E-state index contributed by atoms with van der Waals surface area (Å²) in [5, 5.41) is 8.30. The molecule has 1 heterocycles. The van der Waals surface area contributed by atoms with E-state index in [9.17, 15) is 0 Å². The average molecular weight is 268 g/mol. The van der Waals surface area contributed by atoms with Crippen molar-refractivity contribution in [1.29, 1.82) is 5.41 Å². The maximum absolute atomic E-state index is 7.63. The van der Waals surface area contributed by atoms with Gasteiger partial charge in [-0.25, -0.2) is 0 Å². The summed E-state index contributed by atoms with van der Waals surface area (Å²) < 4.78 is 5.19. The van der Waals surface area contributed by atoms with Gasteiger partial charge in [-0.3, -0.25) is 5.41 Å². The second kappa shape index (κ2) is 5.59. The Balaban J connectivity index is 2.23. The van der Waals surface area contributed by atoms with Gasteiger partial charge in [0.05, 0.1) is 6.61 Å². The number of nitrogen functional groups attached to an aromatic ring is 1. The van der Waals surface area contributed by atoms with E-state index >= 15 is 0 Å². The van der Waals surface area contributed by atoms with Crippen LogP contribution in [0, 0.1) is 11.3 Å². The van der Waals surface area contributed by atoms with Crippen molar-refractivity contribution in [3.8, 4) is 0 Å². The van der Waals surface area contributed by atoms with E-state index in [1.165, 1.54) is 0 Å². The molecule has 1 fully saturated rings. The van der Waals surface area contributed by atoms with Gasteiger partial charge in [-0.1, -0.05) is 11.6 Å². The summed E-state index contributed by atoms with van der Waals surface area (Å²) in [7, 11) is 1.73. The van der Waals surface area contributed by atoms with Crippen LogP contribution in [0.15, 0.2) is 18.2 Å². The van der Waals surface area contributed by atoms with Crippen molar-refractivity contribution in [2.75, 3.05) is 31.7 Å². The minimum absolute atomic E-state index is 0.0804. The van der Waals surface area contributed by atoms with Crippen LogP contribution in [0.3, 0.4) is 0 Å². The van der Waals surface area contributed by atoms with Crippen LogP contribution in [0.5, 0.6) is 0 Å². The van der Waals surface area contributed by atoms with Gasteiger partial charge in [0.1, 0.15) is 5.84 Å². The van der Waals surface area contributed by atoms with Crippen LogP contribution >= 0.6 is 11.6 Å². The van der Waals surface area contributed by atoms with Crippen LogP contribution < -0.4 is 10.6 Å². The molecule has 1 aromatic carbocycles. The van der Waals surface area contributed by atoms with E-state index in [2.05, 4.69) is 4.90 Å². The molecule has 1 aliphatic heterocycles. The molecule has 1 atom stereocenters. The lowest BCUT2D eigenvalue weighted by molar-refractivity contribution is 0.161. The highest BCUT2D eigenvalue weighted by Crippen LogP contribution is 2.29. The van der Waals surface area contributed by atoms with Crippen molar-refractivity contribution in [2.24, 2.45) is 11.7 Å². The Morgan fingerprint density at radius 1 is 1.61 bits per heavy atom. The van der Waals surface area contributed by atoms with Gasteiger partial charge < -0.3 is 15.4 Å². The summed E-state index contributed by atoms with van der Waals surface area (Å²) >= 11 is 6.03. The second-order valence-corrected chi connectivity index (χ2v) is 5.07. The Morgan fingerprint density at radius 3 is 3.06 bits per heavy atom. The molecule has 0 aliphatic carbocycles. The fourth-order valence-electron chi connectivity index (χ4n) is 2.42. The van der Waals surface area contributed by atoms with E-state index in [1.807, 2.05) is 12.1 Å². The molecule has 0 bridgehead atoms. The lowest BCUT2D eigenvalue weighted by Crippen LogP contribution is -2.24. The molecule has 2 rings (SSSR count). The Labute approximate surface area is 112 Å². The molecular formula is C13H18ClN3O. The molecule has 0 spiro atoms. The van der Waals surface area contributed by atoms with Gasteiger partial charge in [0.25, 0.3) is 0 Å². The number of anilines is 1. The summed E-state index contributed by atoms with van der Waals surface area (Å²) in [6.07, 6.45) is 1.09. The topological polar surface area (TPSA) is 62.3 Å². The largest absolute Gasteiger partial charge is 0.384 e. The molecule has 0 saturated carbocycles. The van der Waals surface area contributed by atoms with Gasteiger partial charge in [-0.05, 0) is 24.6 Å². The summed E-state index contributed by atoms with van der Waals surface area (Å²) in [6, 6.07) is 5.46. The molecule has 18 heavy (non-hydrogen) atoms. The van der Waals surface area contributed by atoms with E-state index in [-0.39, 0.29) is 5.84 Å². The smallest absolute Gasteiger partial charge is 0.124 e. The Hall–Kier alpha value is -1.26. The molecule has 5 heteroatoms. The number of halogens is 1. The number of methoxy groups -OCH3 is 1. The van der Waals surface area contributed by atoms with Gasteiger partial charge >= 0.3 is 0 Å². The normalized spacial score (nSPS) is 19.2. The van der Waals surface area contributed by atoms with Crippen LogP contribution in [-0.4, -0.2) is 32.6 Å². The molecule has 0 radical (unpaired) electrons. The van der Waals surface area contributed by atoms with E-state index in [4.69, 9.17) is 27.5 Å². The van der Waals surface area contributed by atoms with Crippen LogP contribution in [0.1, 0.15) is 12.0 Å². The van der Waals surface area contributed by atoms with Gasteiger partial charge in [0.15, 0.2) is 0 Å². The minimum Gasteiger partial charge on any atom is -0.384 e. The van der Waals surface area contributed by atoms with E-state index in [0.29, 0.717) is 10.9 Å². The van der Waals surface area contributed by atoms with Crippen molar-refractivity contribution in [2.45, 2.75) is 6.42 Å². The van der Waals surface area contributed by atoms with Crippen LogP contribution in [0.4, 0.5) is 5.69 Å². The quantitative estimate of drug-likeness (QED) is 0.649. The first-order chi connectivity index (χ1) is 8.61. The van der Waals surface area contributed by atoms with Gasteiger partial charge in [0.2, 0.25) is 0 Å². The molecule has 1 unspecified atom stereocenters. The molecule has 4 nitrogen and oxygen atoms in total. The molecule has 0 amide bonds. The van der Waals surface area contributed by atoms with Crippen LogP contribution in [-0.2, 0) is 4.74 Å². The summed E-state index contributed by atoms with van der Waals surface area (Å²) in [6.45, 7) is 2.65. The Kier molecular flexibility index (Phi) is 4.09. The van der Waals surface area contributed by atoms with Crippen LogP contribution in [0.25, 0.3) is 0 Å². The van der Waals surface area contributed by atoms with Crippen LogP contribution in [0.2, 0.25) is 5.02 Å². The fourth-order valence-corrected chi connectivity index (χ4v) is 2.58. The molecule has 98 valence electrons. The number of nitrogens with zero attached hydrogens (tertiary/aromatic N) is 1. The number of nitrogens with one attached hydrogen (secondary N) is 1. The zero-order valence-corrected chi connectivity index (χ0v) is 11.2. The van der Waals surface area contributed by atoms with Gasteiger partial charge in [-0.15, -0.1) is 0 Å². The number of hydrogen-bond donors (Lipinski definition) is 2. The molecule has 1 aromatic rings. The standard InChI is InChI=1S/C13H18ClN3O/c1-18-8-9-4-5-17(7-9)12-6-10(14)2-3-11(12)13(15)16/h2-3,6,9H,4-5,7-8H2,1H3,(H3,15,16). The third kappa shape index (κ3) is 2.76. The molecule has 0 aromatic heterocycles. The summed E-state index contributed by atoms with van der Waals surface area (Å²) in [4.78, 5) is 2.23. The number of rotatable bonds is 4. The Morgan fingerprint density at radius 2 is 2.39 bits per heavy atom. The number of nitrogens with two attached hydrogens (primary N) is 1. The highest BCUT2D eigenvalue weighted by Gasteiger charge is 2.24. The van der Waals surface area contributed by atoms with E-state index in [0.717, 1.165) is 37.4 Å². The number of benzene rings is 1. The monoisotopic (exact) mass is 267 g/mol.